The van der Waals surface area contributed by atoms with E-state index in [1.807, 2.05) is 25.1 Å². The minimum atomic E-state index is 0.163. The number of anilines is 1. The lowest BCUT2D eigenvalue weighted by Crippen LogP contribution is -2.43. The normalized spacial score (nSPS) is 16.4. The fourth-order valence-corrected chi connectivity index (χ4v) is 2.88. The van der Waals surface area contributed by atoms with Gasteiger partial charge in [0.1, 0.15) is 0 Å². The van der Waals surface area contributed by atoms with E-state index < -0.39 is 0 Å². The first-order valence-corrected chi connectivity index (χ1v) is 6.84. The zero-order valence-corrected chi connectivity index (χ0v) is 12.1. The highest BCUT2D eigenvalue weighted by atomic mass is 15.4. The Kier molecular flexibility index (Phi) is 2.97. The topological polar surface area (TPSA) is 30.3 Å². The standard InChI is InChI=1S/C17H19N3/c1-12-13-8-4-5-9-14(13)15-10-6-7-11-16(15)20(12)17(18)19(2)3/h4-12,18H,1-3H3. The number of rotatable bonds is 0. The third-order valence-corrected chi connectivity index (χ3v) is 3.90. The summed E-state index contributed by atoms with van der Waals surface area (Å²) in [6.07, 6.45) is 0. The monoisotopic (exact) mass is 265 g/mol. The lowest BCUT2D eigenvalue weighted by Gasteiger charge is -2.40. The molecule has 0 aliphatic carbocycles. The molecule has 3 rings (SSSR count). The van der Waals surface area contributed by atoms with Gasteiger partial charge >= 0.3 is 0 Å². The fraction of sp³-hybridized carbons (Fsp3) is 0.235. The van der Waals surface area contributed by atoms with E-state index in [1.165, 1.54) is 16.7 Å². The van der Waals surface area contributed by atoms with Crippen molar-refractivity contribution in [2.75, 3.05) is 19.0 Å². The van der Waals surface area contributed by atoms with Gasteiger partial charge in [-0.3, -0.25) is 5.41 Å². The van der Waals surface area contributed by atoms with Crippen molar-refractivity contribution in [3.63, 3.8) is 0 Å². The van der Waals surface area contributed by atoms with E-state index in [-0.39, 0.29) is 6.04 Å². The van der Waals surface area contributed by atoms with Crippen molar-refractivity contribution in [2.24, 2.45) is 0 Å². The molecule has 0 aromatic heterocycles. The third-order valence-electron chi connectivity index (χ3n) is 3.90. The molecule has 0 bridgehead atoms. The first-order valence-electron chi connectivity index (χ1n) is 6.84. The van der Waals surface area contributed by atoms with Crippen molar-refractivity contribution < 1.29 is 0 Å². The molecule has 0 saturated carbocycles. The van der Waals surface area contributed by atoms with Crippen LogP contribution >= 0.6 is 0 Å². The molecule has 0 fully saturated rings. The van der Waals surface area contributed by atoms with Gasteiger partial charge in [-0.05, 0) is 24.1 Å². The van der Waals surface area contributed by atoms with E-state index in [9.17, 15) is 0 Å². The summed E-state index contributed by atoms with van der Waals surface area (Å²) in [5.41, 5.74) is 4.86. The highest BCUT2D eigenvalue weighted by Gasteiger charge is 2.30. The second kappa shape index (κ2) is 4.67. The van der Waals surface area contributed by atoms with Gasteiger partial charge < -0.3 is 9.80 Å². The average Bonchev–Trinajstić information content (AvgIpc) is 2.47. The number of para-hydroxylation sites is 1. The number of fused-ring (bicyclic) bond motifs is 3. The number of hydrogen-bond donors (Lipinski definition) is 1. The Labute approximate surface area is 120 Å². The Bertz CT molecular complexity index is 661. The van der Waals surface area contributed by atoms with Crippen LogP contribution in [0.5, 0.6) is 0 Å². The van der Waals surface area contributed by atoms with Crippen LogP contribution in [-0.2, 0) is 0 Å². The molecule has 1 atom stereocenters. The molecule has 1 N–H and O–H groups in total. The van der Waals surface area contributed by atoms with Gasteiger partial charge in [0.05, 0.1) is 11.7 Å². The molecule has 102 valence electrons. The van der Waals surface area contributed by atoms with E-state index in [4.69, 9.17) is 5.41 Å². The summed E-state index contributed by atoms with van der Waals surface area (Å²) in [6.45, 7) is 2.16. The summed E-state index contributed by atoms with van der Waals surface area (Å²) in [4.78, 5) is 3.94. The largest absolute Gasteiger partial charge is 0.349 e. The predicted molar refractivity (Wildman–Crippen MR) is 84.2 cm³/mol. The smallest absolute Gasteiger partial charge is 0.198 e. The first-order chi connectivity index (χ1) is 9.61. The Morgan fingerprint density at radius 1 is 1.00 bits per heavy atom. The maximum Gasteiger partial charge on any atom is 0.198 e. The van der Waals surface area contributed by atoms with Gasteiger partial charge in [-0.15, -0.1) is 0 Å². The van der Waals surface area contributed by atoms with Crippen molar-refractivity contribution in [3.8, 4) is 11.1 Å². The van der Waals surface area contributed by atoms with Gasteiger partial charge in [0.25, 0.3) is 0 Å². The van der Waals surface area contributed by atoms with Gasteiger partial charge in [0.2, 0.25) is 0 Å². The number of guanidine groups is 1. The molecule has 2 aromatic rings. The van der Waals surface area contributed by atoms with Crippen LogP contribution < -0.4 is 4.90 Å². The lowest BCUT2D eigenvalue weighted by molar-refractivity contribution is 0.580. The Hall–Kier alpha value is -2.29. The van der Waals surface area contributed by atoms with Crippen molar-refractivity contribution in [1.29, 1.82) is 5.41 Å². The zero-order valence-electron chi connectivity index (χ0n) is 12.1. The average molecular weight is 265 g/mol. The molecule has 0 saturated heterocycles. The van der Waals surface area contributed by atoms with Crippen molar-refractivity contribution in [1.82, 2.24) is 4.90 Å². The lowest BCUT2D eigenvalue weighted by atomic mass is 9.89. The second-order valence-electron chi connectivity index (χ2n) is 5.37. The van der Waals surface area contributed by atoms with Gasteiger partial charge in [0, 0.05) is 19.7 Å². The summed E-state index contributed by atoms with van der Waals surface area (Å²) in [5.74, 6) is 0.513. The van der Waals surface area contributed by atoms with Crippen LogP contribution in [-0.4, -0.2) is 25.0 Å². The molecule has 3 nitrogen and oxygen atoms in total. The first kappa shape index (κ1) is 12.7. The predicted octanol–water partition coefficient (Wildman–Crippen LogP) is 3.73. The van der Waals surface area contributed by atoms with Gasteiger partial charge in [-0.1, -0.05) is 42.5 Å². The van der Waals surface area contributed by atoms with E-state index >= 15 is 0 Å². The molecular formula is C17H19N3. The molecule has 0 spiro atoms. The number of nitrogens with one attached hydrogen (secondary N) is 1. The molecule has 3 heteroatoms. The van der Waals surface area contributed by atoms with E-state index in [0.717, 1.165) is 5.69 Å². The second-order valence-corrected chi connectivity index (χ2v) is 5.37. The van der Waals surface area contributed by atoms with Crippen molar-refractivity contribution >= 4 is 11.6 Å². The van der Waals surface area contributed by atoms with E-state index in [1.54, 1.807) is 0 Å². The SMILES string of the molecule is CC1c2ccccc2-c2ccccc2N1C(=N)N(C)C. The summed E-state index contributed by atoms with van der Waals surface area (Å²) in [5, 5.41) is 8.39. The summed E-state index contributed by atoms with van der Waals surface area (Å²) < 4.78 is 0. The van der Waals surface area contributed by atoms with Crippen molar-refractivity contribution in [2.45, 2.75) is 13.0 Å². The molecule has 2 aromatic carbocycles. The maximum absolute atomic E-state index is 8.39. The quantitative estimate of drug-likeness (QED) is 0.581. The molecule has 1 aliphatic heterocycles. The van der Waals surface area contributed by atoms with Crippen LogP contribution in [0.25, 0.3) is 11.1 Å². The highest BCUT2D eigenvalue weighted by Crippen LogP contribution is 2.44. The van der Waals surface area contributed by atoms with Gasteiger partial charge in [-0.25, -0.2) is 0 Å². The van der Waals surface area contributed by atoms with Crippen LogP contribution in [0.3, 0.4) is 0 Å². The van der Waals surface area contributed by atoms with E-state index in [2.05, 4.69) is 54.3 Å². The molecule has 1 unspecified atom stereocenters. The minimum absolute atomic E-state index is 0.163. The van der Waals surface area contributed by atoms with Gasteiger partial charge in [0.15, 0.2) is 5.96 Å². The number of hydrogen-bond acceptors (Lipinski definition) is 1. The fourth-order valence-electron chi connectivity index (χ4n) is 2.88. The van der Waals surface area contributed by atoms with Crippen molar-refractivity contribution in [3.05, 3.63) is 54.1 Å². The van der Waals surface area contributed by atoms with E-state index in [0.29, 0.717) is 5.96 Å². The highest BCUT2D eigenvalue weighted by molar-refractivity contribution is 6.01. The Morgan fingerprint density at radius 2 is 1.60 bits per heavy atom. The molecule has 1 heterocycles. The summed E-state index contributed by atoms with van der Waals surface area (Å²) in [6, 6.07) is 17.0. The molecule has 20 heavy (non-hydrogen) atoms. The van der Waals surface area contributed by atoms with Crippen LogP contribution in [0.4, 0.5) is 5.69 Å². The Balaban J connectivity index is 2.24. The summed E-state index contributed by atoms with van der Waals surface area (Å²) >= 11 is 0. The summed E-state index contributed by atoms with van der Waals surface area (Å²) in [7, 11) is 3.83. The minimum Gasteiger partial charge on any atom is -0.349 e. The van der Waals surface area contributed by atoms with Crippen LogP contribution in [0.2, 0.25) is 0 Å². The van der Waals surface area contributed by atoms with Crippen LogP contribution in [0, 0.1) is 5.41 Å². The Morgan fingerprint density at radius 3 is 2.30 bits per heavy atom. The molecule has 0 amide bonds. The maximum atomic E-state index is 8.39. The number of benzene rings is 2. The zero-order chi connectivity index (χ0) is 14.3. The van der Waals surface area contributed by atoms with Gasteiger partial charge in [-0.2, -0.15) is 0 Å². The number of nitrogens with zero attached hydrogens (tertiary/aromatic N) is 2. The third kappa shape index (κ3) is 1.78. The molecule has 1 aliphatic rings. The van der Waals surface area contributed by atoms with Crippen LogP contribution in [0.15, 0.2) is 48.5 Å². The van der Waals surface area contributed by atoms with Crippen LogP contribution in [0.1, 0.15) is 18.5 Å². The molecular weight excluding hydrogens is 246 g/mol. The molecule has 0 radical (unpaired) electrons.